The number of benzene rings is 2. The molecule has 38 heavy (non-hydrogen) atoms. The molecule has 3 N–H and O–H groups in total. The topological polar surface area (TPSA) is 108 Å². The summed E-state index contributed by atoms with van der Waals surface area (Å²) in [6.07, 6.45) is 0.919. The van der Waals surface area contributed by atoms with E-state index in [9.17, 15) is 19.5 Å². The summed E-state index contributed by atoms with van der Waals surface area (Å²) in [6.45, 7) is 15.9. The summed E-state index contributed by atoms with van der Waals surface area (Å²) < 4.78 is 5.38. The number of rotatable bonds is 10. The highest BCUT2D eigenvalue weighted by Crippen LogP contribution is 2.28. The van der Waals surface area contributed by atoms with E-state index in [0.29, 0.717) is 11.3 Å². The summed E-state index contributed by atoms with van der Waals surface area (Å²) in [5.41, 5.74) is 2.99. The number of hydrogen-bond acceptors (Lipinski definition) is 5. The molecule has 3 amide bonds. The van der Waals surface area contributed by atoms with Gasteiger partial charge in [-0.3, -0.25) is 9.59 Å². The molecule has 0 heterocycles. The Morgan fingerprint density at radius 3 is 2.21 bits per heavy atom. The van der Waals surface area contributed by atoms with Crippen molar-refractivity contribution in [2.45, 2.75) is 66.2 Å². The predicted octanol–water partition coefficient (Wildman–Crippen LogP) is 5.00. The number of carbonyl (C=O) groups is 3. The fraction of sp³-hybridized carbons (Fsp3) is 0.433. The molecule has 2 atom stereocenters. The number of anilines is 1. The van der Waals surface area contributed by atoms with E-state index in [2.05, 4.69) is 17.2 Å². The quantitative estimate of drug-likeness (QED) is 0.406. The van der Waals surface area contributed by atoms with E-state index in [-0.39, 0.29) is 19.1 Å². The molecule has 0 fully saturated rings. The van der Waals surface area contributed by atoms with Crippen molar-refractivity contribution in [1.82, 2.24) is 10.2 Å². The van der Waals surface area contributed by atoms with Gasteiger partial charge in [0.2, 0.25) is 5.91 Å². The van der Waals surface area contributed by atoms with Gasteiger partial charge >= 0.3 is 6.09 Å². The first-order chi connectivity index (χ1) is 17.8. The molecular formula is C30H41N3O5. The zero-order valence-corrected chi connectivity index (χ0v) is 23.5. The summed E-state index contributed by atoms with van der Waals surface area (Å²) in [6, 6.07) is 10.8. The summed E-state index contributed by atoms with van der Waals surface area (Å²) >= 11 is 0. The predicted molar refractivity (Wildman–Crippen MR) is 151 cm³/mol. The first kappa shape index (κ1) is 30.6. The fourth-order valence-electron chi connectivity index (χ4n) is 4.13. The molecule has 0 aliphatic carbocycles. The van der Waals surface area contributed by atoms with Crippen LogP contribution in [0.2, 0.25) is 0 Å². The van der Waals surface area contributed by atoms with Crippen molar-refractivity contribution in [2.75, 3.05) is 18.5 Å². The zero-order chi connectivity index (χ0) is 28.6. The largest absolute Gasteiger partial charge is 0.444 e. The summed E-state index contributed by atoms with van der Waals surface area (Å²) in [4.78, 5) is 41.8. The molecule has 2 aromatic carbocycles. The van der Waals surface area contributed by atoms with Crippen molar-refractivity contribution >= 4 is 29.7 Å². The van der Waals surface area contributed by atoms with Crippen molar-refractivity contribution in [2.24, 2.45) is 5.92 Å². The molecule has 0 saturated heterocycles. The van der Waals surface area contributed by atoms with E-state index in [1.165, 1.54) is 4.90 Å². The van der Waals surface area contributed by atoms with Gasteiger partial charge in [0.1, 0.15) is 17.7 Å². The molecule has 8 heteroatoms. The van der Waals surface area contributed by atoms with Crippen LogP contribution >= 0.6 is 0 Å². The molecule has 0 aliphatic rings. The van der Waals surface area contributed by atoms with Gasteiger partial charge < -0.3 is 25.4 Å². The molecule has 0 radical (unpaired) electrons. The SMILES string of the molecule is C=Cc1cccc(C(C(=O)Nc2c(C)cccc2C)N(CCO)C(=O)C(NC(=O)OC(C)(C)C)C(C)C)c1. The fourth-order valence-corrected chi connectivity index (χ4v) is 4.13. The molecule has 206 valence electrons. The lowest BCUT2D eigenvalue weighted by Gasteiger charge is -2.35. The van der Waals surface area contributed by atoms with Gasteiger partial charge in [0, 0.05) is 12.2 Å². The number of amides is 3. The molecule has 0 aliphatic heterocycles. The Bertz CT molecular complexity index is 1130. The van der Waals surface area contributed by atoms with Gasteiger partial charge in [-0.1, -0.05) is 62.9 Å². The Kier molecular flexibility index (Phi) is 10.6. The molecule has 2 unspecified atom stereocenters. The van der Waals surface area contributed by atoms with Crippen LogP contribution in [0.15, 0.2) is 49.0 Å². The van der Waals surface area contributed by atoms with E-state index in [1.807, 2.05) is 38.1 Å². The van der Waals surface area contributed by atoms with E-state index in [1.54, 1.807) is 58.9 Å². The minimum Gasteiger partial charge on any atom is -0.444 e. The molecular weight excluding hydrogens is 482 g/mol. The van der Waals surface area contributed by atoms with Crippen LogP contribution < -0.4 is 10.6 Å². The molecule has 8 nitrogen and oxygen atoms in total. The monoisotopic (exact) mass is 523 g/mol. The van der Waals surface area contributed by atoms with Crippen LogP contribution in [-0.2, 0) is 14.3 Å². The highest BCUT2D eigenvalue weighted by molar-refractivity contribution is 6.00. The number of aliphatic hydroxyl groups is 1. The number of aryl methyl sites for hydroxylation is 2. The van der Waals surface area contributed by atoms with Gasteiger partial charge in [-0.25, -0.2) is 4.79 Å². The lowest BCUT2D eigenvalue weighted by molar-refractivity contribution is -0.142. The van der Waals surface area contributed by atoms with Gasteiger partial charge in [-0.2, -0.15) is 0 Å². The van der Waals surface area contributed by atoms with Gasteiger partial charge in [0.05, 0.1) is 6.61 Å². The zero-order valence-electron chi connectivity index (χ0n) is 23.5. The van der Waals surface area contributed by atoms with Crippen molar-refractivity contribution in [3.63, 3.8) is 0 Å². The maximum atomic E-state index is 14.0. The average molecular weight is 524 g/mol. The molecule has 2 rings (SSSR count). The van der Waals surface area contributed by atoms with E-state index < -0.39 is 35.6 Å². The van der Waals surface area contributed by atoms with Crippen LogP contribution in [0.1, 0.15) is 62.9 Å². The number of para-hydroxylation sites is 1. The number of carbonyl (C=O) groups excluding carboxylic acids is 3. The lowest BCUT2D eigenvalue weighted by Crippen LogP contribution is -2.55. The second-order valence-corrected chi connectivity index (χ2v) is 10.7. The number of aliphatic hydroxyl groups excluding tert-OH is 1. The van der Waals surface area contributed by atoms with Crippen LogP contribution in [0, 0.1) is 19.8 Å². The molecule has 2 aromatic rings. The number of nitrogens with one attached hydrogen (secondary N) is 2. The molecule has 0 spiro atoms. The van der Waals surface area contributed by atoms with Crippen LogP contribution in [0.4, 0.5) is 10.5 Å². The van der Waals surface area contributed by atoms with Gasteiger partial charge in [0.25, 0.3) is 5.91 Å². The van der Waals surface area contributed by atoms with Crippen molar-refractivity contribution in [3.05, 3.63) is 71.3 Å². The summed E-state index contributed by atoms with van der Waals surface area (Å²) in [5, 5.41) is 15.6. The van der Waals surface area contributed by atoms with E-state index in [4.69, 9.17) is 4.74 Å². The Morgan fingerprint density at radius 1 is 1.08 bits per heavy atom. The first-order valence-corrected chi connectivity index (χ1v) is 12.8. The van der Waals surface area contributed by atoms with E-state index >= 15 is 0 Å². The van der Waals surface area contributed by atoms with Gasteiger partial charge in [-0.15, -0.1) is 0 Å². The third-order valence-electron chi connectivity index (χ3n) is 5.98. The first-order valence-electron chi connectivity index (χ1n) is 12.8. The van der Waals surface area contributed by atoms with Crippen molar-refractivity contribution in [1.29, 1.82) is 0 Å². The average Bonchev–Trinajstić information content (AvgIpc) is 2.83. The second kappa shape index (κ2) is 13.2. The Balaban J connectivity index is 2.57. The number of ether oxygens (including phenoxy) is 1. The maximum Gasteiger partial charge on any atom is 0.408 e. The Hall–Kier alpha value is -3.65. The smallest absolute Gasteiger partial charge is 0.408 e. The van der Waals surface area contributed by atoms with Crippen LogP contribution in [-0.4, -0.2) is 52.7 Å². The normalized spacial score (nSPS) is 12.9. The standard InChI is InChI=1S/C30H41N3O5/c1-9-22-14-11-15-23(18-22)26(27(35)31-25-20(4)12-10-13-21(25)5)33(16-17-34)28(36)24(19(2)3)32-29(37)38-30(6,7)8/h9-15,18-19,24,26,34H,1,16-17H2,2-8H3,(H,31,35)(H,32,37). The Morgan fingerprint density at radius 2 is 1.68 bits per heavy atom. The summed E-state index contributed by atoms with van der Waals surface area (Å²) in [5.74, 6) is -1.27. The van der Waals surface area contributed by atoms with Crippen LogP contribution in [0.5, 0.6) is 0 Å². The van der Waals surface area contributed by atoms with Crippen LogP contribution in [0.3, 0.4) is 0 Å². The van der Waals surface area contributed by atoms with Crippen molar-refractivity contribution < 1.29 is 24.2 Å². The minimum atomic E-state index is -1.09. The highest BCUT2D eigenvalue weighted by atomic mass is 16.6. The third kappa shape index (κ3) is 8.18. The van der Waals surface area contributed by atoms with Crippen molar-refractivity contribution in [3.8, 4) is 0 Å². The highest BCUT2D eigenvalue weighted by Gasteiger charge is 2.37. The van der Waals surface area contributed by atoms with Gasteiger partial charge in [-0.05, 0) is 68.9 Å². The second-order valence-electron chi connectivity index (χ2n) is 10.7. The molecule has 0 saturated carbocycles. The number of alkyl carbamates (subject to hydrolysis) is 1. The maximum absolute atomic E-state index is 14.0. The molecule has 0 aromatic heterocycles. The van der Waals surface area contributed by atoms with Gasteiger partial charge in [0.15, 0.2) is 0 Å². The lowest BCUT2D eigenvalue weighted by atomic mass is 9.97. The van der Waals surface area contributed by atoms with E-state index in [0.717, 1.165) is 16.7 Å². The Labute approximate surface area is 226 Å². The summed E-state index contributed by atoms with van der Waals surface area (Å²) in [7, 11) is 0. The third-order valence-corrected chi connectivity index (χ3v) is 5.98. The minimum absolute atomic E-state index is 0.124. The number of nitrogens with zero attached hydrogens (tertiary/aromatic N) is 1. The van der Waals surface area contributed by atoms with Crippen LogP contribution in [0.25, 0.3) is 6.08 Å². The molecule has 0 bridgehead atoms. The number of hydrogen-bond donors (Lipinski definition) is 3.